The Morgan fingerprint density at radius 2 is 1.01 bits per heavy atom. The Bertz CT molecular complexity index is 2840. The Kier molecular flexibility index (Phi) is 14.7. The number of aromatic carboxylic acids is 1. The van der Waals surface area contributed by atoms with Crippen molar-refractivity contribution in [1.82, 2.24) is 49.3 Å². The van der Waals surface area contributed by atoms with Crippen molar-refractivity contribution in [2.45, 2.75) is 58.3 Å². The normalized spacial score (nSPS) is 16.9. The van der Waals surface area contributed by atoms with Crippen LogP contribution in [0, 0.1) is 0 Å². The Balaban J connectivity index is 0.000000184. The average Bonchev–Trinajstić information content (AvgIpc) is 3.87. The van der Waals surface area contributed by atoms with Crippen molar-refractivity contribution in [3.05, 3.63) is 94.6 Å². The van der Waals surface area contributed by atoms with Crippen molar-refractivity contribution in [3.8, 4) is 22.8 Å². The number of ether oxygens (including phenoxy) is 1. The zero-order valence-electron chi connectivity index (χ0n) is 41.6. The second kappa shape index (κ2) is 20.2. The van der Waals surface area contributed by atoms with Crippen LogP contribution in [0.1, 0.15) is 77.8 Å². The molecule has 2 aromatic carbocycles. The van der Waals surface area contributed by atoms with Gasteiger partial charge in [0.2, 0.25) is 11.9 Å². The molecule has 0 atom stereocenters. The first kappa shape index (κ1) is 50.1. The zero-order valence-corrected chi connectivity index (χ0v) is 44.7. The predicted molar refractivity (Wildman–Crippen MR) is 261 cm³/mol. The van der Waals surface area contributed by atoms with Gasteiger partial charge in [0.1, 0.15) is 5.69 Å². The number of carbonyl (C=O) groups excluding carboxylic acids is 2. The van der Waals surface area contributed by atoms with Gasteiger partial charge in [-0.1, -0.05) is 27.7 Å². The summed E-state index contributed by atoms with van der Waals surface area (Å²) < 4.78 is 8.61. The van der Waals surface area contributed by atoms with Crippen LogP contribution in [-0.4, -0.2) is 134 Å². The number of aryl methyl sites for hydroxylation is 2. The van der Waals surface area contributed by atoms with E-state index in [2.05, 4.69) is 115 Å². The van der Waals surface area contributed by atoms with E-state index in [-0.39, 0.29) is 62.5 Å². The number of nitrogens with zero attached hydrogens (tertiary/aromatic N) is 12. The zero-order chi connectivity index (χ0) is 48.1. The van der Waals surface area contributed by atoms with E-state index in [9.17, 15) is 14.7 Å². The van der Waals surface area contributed by atoms with Crippen molar-refractivity contribution in [3.63, 3.8) is 0 Å². The minimum Gasteiger partial charge on any atom is -0.543 e. The van der Waals surface area contributed by atoms with Gasteiger partial charge in [0, 0.05) is 113 Å². The molecule has 4 aromatic heterocycles. The van der Waals surface area contributed by atoms with Crippen LogP contribution < -0.4 is 76.9 Å². The summed E-state index contributed by atoms with van der Waals surface area (Å²) >= 11 is 0. The maximum absolute atomic E-state index is 12.6. The van der Waals surface area contributed by atoms with Gasteiger partial charge in [-0.2, -0.15) is 10.2 Å². The molecule has 356 valence electrons. The summed E-state index contributed by atoms with van der Waals surface area (Å²) in [5.74, 6) is -0.687. The fraction of sp³-hybridized carbons (Fsp3) is 0.440. The minimum atomic E-state index is -1.27. The molecule has 0 bridgehead atoms. The van der Waals surface area contributed by atoms with Crippen LogP contribution in [-0.2, 0) is 42.5 Å². The van der Waals surface area contributed by atoms with Crippen LogP contribution in [0.4, 0.5) is 34.6 Å². The number of rotatable bonds is 9. The van der Waals surface area contributed by atoms with E-state index in [1.54, 1.807) is 23.3 Å². The molecule has 2 saturated heterocycles. The Morgan fingerprint density at radius 1 is 0.623 bits per heavy atom. The van der Waals surface area contributed by atoms with Crippen LogP contribution in [0.2, 0.25) is 0 Å². The average molecular weight is 961 g/mol. The molecule has 0 spiro atoms. The van der Waals surface area contributed by atoms with Gasteiger partial charge in [-0.25, -0.2) is 24.7 Å². The van der Waals surface area contributed by atoms with Crippen LogP contribution in [0.25, 0.3) is 22.8 Å². The number of piperazine rings is 2. The quantitative estimate of drug-likeness (QED) is 0.158. The summed E-state index contributed by atoms with van der Waals surface area (Å²) in [7, 11) is 7.90. The third kappa shape index (κ3) is 10.3. The van der Waals surface area contributed by atoms with Gasteiger partial charge >= 0.3 is 57.4 Å². The number of carboxylic acids is 1. The van der Waals surface area contributed by atoms with Crippen LogP contribution in [0.3, 0.4) is 0 Å². The van der Waals surface area contributed by atoms with Gasteiger partial charge in [0.25, 0.3) is 0 Å². The van der Waals surface area contributed by atoms with E-state index in [4.69, 9.17) is 14.7 Å². The van der Waals surface area contributed by atoms with E-state index in [1.807, 2.05) is 45.4 Å². The molecular weight excluding hydrogens is 900 g/mol. The second-order valence-corrected chi connectivity index (χ2v) is 19.6. The number of carbonyl (C=O) groups is 2. The smallest absolute Gasteiger partial charge is 0.543 e. The van der Waals surface area contributed by atoms with Crippen LogP contribution in [0.15, 0.2) is 60.9 Å². The molecule has 0 amide bonds. The molecule has 19 heteroatoms. The van der Waals surface area contributed by atoms with Crippen molar-refractivity contribution >= 4 is 46.6 Å². The largest absolute Gasteiger partial charge is 1.00 e. The Hall–Kier alpha value is -5.28. The molecule has 2 N–H and O–H groups in total. The van der Waals surface area contributed by atoms with Crippen LogP contribution >= 0.6 is 0 Å². The molecule has 2 aliphatic carbocycles. The molecule has 69 heavy (non-hydrogen) atoms. The first-order chi connectivity index (χ1) is 32.5. The number of fused-ring (bicyclic) bond motifs is 6. The number of aromatic nitrogens is 8. The van der Waals surface area contributed by atoms with Crippen molar-refractivity contribution in [2.75, 3.05) is 93.5 Å². The van der Waals surface area contributed by atoms with Crippen molar-refractivity contribution in [2.24, 2.45) is 14.1 Å². The van der Waals surface area contributed by atoms with E-state index in [1.165, 1.54) is 11.4 Å². The molecular formula is C50H61KN14O4. The molecule has 6 heterocycles. The van der Waals surface area contributed by atoms with Gasteiger partial charge in [0.05, 0.1) is 35.4 Å². The fourth-order valence-corrected chi connectivity index (χ4v) is 9.99. The maximum atomic E-state index is 12.6. The summed E-state index contributed by atoms with van der Waals surface area (Å²) in [6.07, 6.45) is 5.04. The summed E-state index contributed by atoms with van der Waals surface area (Å²) in [5.41, 5.74) is 10.5. The molecule has 0 radical (unpaired) electrons. The van der Waals surface area contributed by atoms with Crippen molar-refractivity contribution in [1.29, 1.82) is 0 Å². The Labute approximate surface area is 446 Å². The fourth-order valence-electron chi connectivity index (χ4n) is 9.99. The number of likely N-dealkylation sites (N-methyl/N-ethyl adjacent to an activating group) is 2. The van der Waals surface area contributed by atoms with Gasteiger partial charge < -0.3 is 44.9 Å². The van der Waals surface area contributed by atoms with Crippen LogP contribution in [0.5, 0.6) is 0 Å². The molecule has 0 unspecified atom stereocenters. The predicted octanol–water partition coefficient (Wildman–Crippen LogP) is 1.96. The number of carboxylic acid groups (broad SMARTS) is 1. The number of esters is 1. The molecule has 2 aliphatic heterocycles. The summed E-state index contributed by atoms with van der Waals surface area (Å²) in [6.45, 7) is 18.8. The molecule has 10 rings (SSSR count). The Morgan fingerprint density at radius 3 is 1.41 bits per heavy atom. The van der Waals surface area contributed by atoms with Gasteiger partial charge in [0.15, 0.2) is 5.69 Å². The number of benzene rings is 2. The SMILES string of the molecule is CCOC(=O)c1nn(C)c2c1C(C)(C)Cc1cnc(Nc3ccc(N4CCN(C)CC4)cc3)nc1-2.CN1CCN(c2ccc(Nc3ncc4c(n3)-c3c(c(C(=O)[O-])nn3C)C(C)(C)C4)cc2)CC1.[K+]. The van der Waals surface area contributed by atoms with E-state index in [0.29, 0.717) is 54.0 Å². The van der Waals surface area contributed by atoms with Gasteiger partial charge in [-0.05, 0) is 104 Å². The van der Waals surface area contributed by atoms with E-state index in [0.717, 1.165) is 91.8 Å². The van der Waals surface area contributed by atoms with Gasteiger partial charge in [-0.15, -0.1) is 0 Å². The van der Waals surface area contributed by atoms with Crippen molar-refractivity contribution < 1.29 is 70.8 Å². The third-order valence-corrected chi connectivity index (χ3v) is 13.5. The molecule has 0 saturated carbocycles. The van der Waals surface area contributed by atoms with Gasteiger partial charge in [-0.3, -0.25) is 9.36 Å². The third-order valence-electron chi connectivity index (χ3n) is 13.5. The summed E-state index contributed by atoms with van der Waals surface area (Å²) in [4.78, 5) is 52.6. The van der Waals surface area contributed by atoms with E-state index < -0.39 is 17.4 Å². The first-order valence-electron chi connectivity index (χ1n) is 23.4. The molecule has 18 nitrogen and oxygen atoms in total. The number of nitrogens with one attached hydrogen (secondary N) is 2. The summed E-state index contributed by atoms with van der Waals surface area (Å²) in [6, 6.07) is 16.7. The van der Waals surface area contributed by atoms with E-state index >= 15 is 0 Å². The maximum Gasteiger partial charge on any atom is 1.00 e. The summed E-state index contributed by atoms with van der Waals surface area (Å²) in [5, 5.41) is 27.1. The monoisotopic (exact) mass is 960 g/mol. The first-order valence-corrected chi connectivity index (χ1v) is 23.4. The molecule has 4 aliphatic rings. The number of hydrogen-bond donors (Lipinski definition) is 2. The standard InChI is InChI=1S/C26H33N7O2.C24H29N7O2.K/c1-6-35-24(34)22-20-23(32(5)30-22)21-17(15-26(20,2)3)16-27-25(29-21)28-18-7-9-19(10-8-18)33-13-11-31(4)12-14-33;1-24(2)13-15-14-25-23(27-19(15)21-18(24)20(22(32)33)28-30(21)4)26-16-5-7-17(8-6-16)31-11-9-29(3)10-12-31;/h7-10,16H,6,11-15H2,1-5H3,(H,27,28,29);5-8,14H,9-13H2,1-4H3,(H,32,33)(H,25,26,27);/q;;+1/p-1. The minimum absolute atomic E-state index is 0. The molecule has 2 fully saturated rings. The second-order valence-electron chi connectivity index (χ2n) is 19.6. The number of hydrogen-bond acceptors (Lipinski definition) is 16. The number of anilines is 6. The topological polar surface area (TPSA) is 191 Å². The molecule has 6 aromatic rings.